The molecule has 5 nitrogen and oxygen atoms in total. The largest absolute Gasteiger partial charge is 0.218 e. The average Bonchev–Trinajstić information content (AvgIpc) is 2.30. The van der Waals surface area contributed by atoms with Crippen molar-refractivity contribution in [3.63, 3.8) is 0 Å². The van der Waals surface area contributed by atoms with Crippen LogP contribution in [-0.4, -0.2) is 26.3 Å². The van der Waals surface area contributed by atoms with E-state index in [1.807, 2.05) is 6.07 Å². The van der Waals surface area contributed by atoms with Gasteiger partial charge in [-0.15, -0.1) is 0 Å². The third kappa shape index (κ3) is 3.56. The predicted octanol–water partition coefficient (Wildman–Crippen LogP) is 0.843. The Bertz CT molecular complexity index is 564. The summed E-state index contributed by atoms with van der Waals surface area (Å²) in [6, 6.07) is 10.1. The molecule has 1 aromatic rings. The lowest BCUT2D eigenvalue weighted by Gasteiger charge is -2.13. The smallest absolute Gasteiger partial charge is 0.212 e. The van der Waals surface area contributed by atoms with E-state index in [2.05, 4.69) is 0 Å². The highest BCUT2D eigenvalue weighted by Crippen LogP contribution is 2.10. The number of rotatable bonds is 4. The standard InChI is InChI=1S/C11H11N3O2S/c1-14(7-6-12)17(15,16)9-11-4-2-10(8-13)3-5-11/h2-5H,7,9H2,1H3. The van der Waals surface area contributed by atoms with E-state index in [-0.39, 0.29) is 12.3 Å². The Hall–Kier alpha value is -1.89. The van der Waals surface area contributed by atoms with Gasteiger partial charge in [-0.25, -0.2) is 8.42 Å². The summed E-state index contributed by atoms with van der Waals surface area (Å²) in [6.45, 7) is -0.168. The molecule has 0 amide bonds. The molecule has 0 aliphatic rings. The molecule has 0 aliphatic heterocycles. The topological polar surface area (TPSA) is 85.0 Å². The Morgan fingerprint density at radius 3 is 2.29 bits per heavy atom. The van der Waals surface area contributed by atoms with Crippen molar-refractivity contribution in [3.05, 3.63) is 35.4 Å². The molecule has 17 heavy (non-hydrogen) atoms. The van der Waals surface area contributed by atoms with Crippen LogP contribution in [0.2, 0.25) is 0 Å². The zero-order valence-corrected chi connectivity index (χ0v) is 10.1. The van der Waals surface area contributed by atoms with Crippen LogP contribution < -0.4 is 0 Å². The van der Waals surface area contributed by atoms with Crippen LogP contribution in [-0.2, 0) is 15.8 Å². The van der Waals surface area contributed by atoms with Gasteiger partial charge in [-0.05, 0) is 17.7 Å². The van der Waals surface area contributed by atoms with E-state index in [1.54, 1.807) is 30.3 Å². The highest BCUT2D eigenvalue weighted by Gasteiger charge is 2.17. The molecule has 0 spiro atoms. The number of hydrogen-bond acceptors (Lipinski definition) is 4. The van der Waals surface area contributed by atoms with Crippen molar-refractivity contribution in [2.75, 3.05) is 13.6 Å². The van der Waals surface area contributed by atoms with Crippen LogP contribution in [0, 0.1) is 22.7 Å². The second-order valence-electron chi connectivity index (χ2n) is 3.48. The van der Waals surface area contributed by atoms with Gasteiger partial charge in [0.25, 0.3) is 0 Å². The van der Waals surface area contributed by atoms with Crippen LogP contribution >= 0.6 is 0 Å². The lowest BCUT2D eigenvalue weighted by molar-refractivity contribution is 0.500. The molecule has 0 heterocycles. The third-order valence-corrected chi connectivity index (χ3v) is 3.98. The van der Waals surface area contributed by atoms with E-state index in [1.165, 1.54) is 7.05 Å². The Morgan fingerprint density at radius 1 is 1.24 bits per heavy atom. The number of sulfonamides is 1. The van der Waals surface area contributed by atoms with Gasteiger partial charge in [0.2, 0.25) is 10.0 Å². The molecule has 0 aliphatic carbocycles. The van der Waals surface area contributed by atoms with Gasteiger partial charge in [0.05, 0.1) is 23.5 Å². The zero-order chi connectivity index (χ0) is 12.9. The molecule has 1 aromatic carbocycles. The first-order valence-electron chi connectivity index (χ1n) is 4.79. The van der Waals surface area contributed by atoms with Crippen molar-refractivity contribution in [1.29, 1.82) is 10.5 Å². The van der Waals surface area contributed by atoms with E-state index < -0.39 is 10.0 Å². The lowest BCUT2D eigenvalue weighted by Crippen LogP contribution is -2.28. The Labute approximate surface area is 101 Å². The first-order chi connectivity index (χ1) is 7.99. The summed E-state index contributed by atoms with van der Waals surface area (Å²) in [6.07, 6.45) is 0. The van der Waals surface area contributed by atoms with E-state index in [0.717, 1.165) is 4.31 Å². The van der Waals surface area contributed by atoms with E-state index in [0.29, 0.717) is 11.1 Å². The summed E-state index contributed by atoms with van der Waals surface area (Å²) < 4.78 is 24.5. The molecule has 0 saturated heterocycles. The molecule has 0 radical (unpaired) electrons. The van der Waals surface area contributed by atoms with Gasteiger partial charge in [-0.2, -0.15) is 14.8 Å². The van der Waals surface area contributed by atoms with Crippen molar-refractivity contribution in [1.82, 2.24) is 4.31 Å². The average molecular weight is 249 g/mol. The van der Waals surface area contributed by atoms with Crippen LogP contribution in [0.25, 0.3) is 0 Å². The molecule has 0 N–H and O–H groups in total. The molecule has 88 valence electrons. The van der Waals surface area contributed by atoms with Crippen LogP contribution in [0.5, 0.6) is 0 Å². The highest BCUT2D eigenvalue weighted by molar-refractivity contribution is 7.88. The van der Waals surface area contributed by atoms with Crippen LogP contribution in [0.3, 0.4) is 0 Å². The summed E-state index contributed by atoms with van der Waals surface area (Å²) in [5, 5.41) is 17.0. The fraction of sp³-hybridized carbons (Fsp3) is 0.273. The Balaban J connectivity index is 2.84. The minimum absolute atomic E-state index is 0.168. The summed E-state index contributed by atoms with van der Waals surface area (Å²) in [5.74, 6) is -0.170. The summed E-state index contributed by atoms with van der Waals surface area (Å²) in [7, 11) is -2.10. The summed E-state index contributed by atoms with van der Waals surface area (Å²) in [4.78, 5) is 0. The van der Waals surface area contributed by atoms with Gasteiger partial charge in [0.15, 0.2) is 0 Å². The molecule has 0 atom stereocenters. The quantitative estimate of drug-likeness (QED) is 0.740. The second-order valence-corrected chi connectivity index (χ2v) is 5.55. The van der Waals surface area contributed by atoms with Crippen molar-refractivity contribution in [2.45, 2.75) is 5.75 Å². The van der Waals surface area contributed by atoms with Crippen molar-refractivity contribution in [2.24, 2.45) is 0 Å². The first-order valence-corrected chi connectivity index (χ1v) is 6.40. The Kier molecular flexibility index (Phi) is 4.22. The molecule has 0 saturated carbocycles. The Morgan fingerprint density at radius 2 is 1.82 bits per heavy atom. The monoisotopic (exact) mass is 249 g/mol. The van der Waals surface area contributed by atoms with Crippen molar-refractivity contribution in [3.8, 4) is 12.1 Å². The van der Waals surface area contributed by atoms with Gasteiger partial charge in [-0.1, -0.05) is 12.1 Å². The van der Waals surface area contributed by atoms with Gasteiger partial charge in [0.1, 0.15) is 6.54 Å². The van der Waals surface area contributed by atoms with Gasteiger partial charge < -0.3 is 0 Å². The molecule has 0 aromatic heterocycles. The van der Waals surface area contributed by atoms with Crippen LogP contribution in [0.15, 0.2) is 24.3 Å². The minimum Gasteiger partial charge on any atom is -0.212 e. The number of nitriles is 2. The summed E-state index contributed by atoms with van der Waals surface area (Å²) in [5.41, 5.74) is 1.07. The van der Waals surface area contributed by atoms with Crippen LogP contribution in [0.4, 0.5) is 0 Å². The molecule has 0 bridgehead atoms. The van der Waals surface area contributed by atoms with Crippen LogP contribution in [0.1, 0.15) is 11.1 Å². The maximum atomic E-state index is 11.8. The van der Waals surface area contributed by atoms with Gasteiger partial charge in [0, 0.05) is 7.05 Å². The van der Waals surface area contributed by atoms with Gasteiger partial charge in [-0.3, -0.25) is 0 Å². The maximum Gasteiger partial charge on any atom is 0.218 e. The van der Waals surface area contributed by atoms with Crippen molar-refractivity contribution >= 4 is 10.0 Å². The molecule has 1 rings (SSSR count). The normalized spacial score (nSPS) is 10.8. The molecule has 0 fully saturated rings. The minimum atomic E-state index is -3.47. The summed E-state index contributed by atoms with van der Waals surface area (Å²) >= 11 is 0. The second kappa shape index (κ2) is 5.44. The highest BCUT2D eigenvalue weighted by atomic mass is 32.2. The van der Waals surface area contributed by atoms with Crippen molar-refractivity contribution < 1.29 is 8.42 Å². The number of nitrogens with zero attached hydrogens (tertiary/aromatic N) is 3. The predicted molar refractivity (Wildman–Crippen MR) is 62.0 cm³/mol. The molecular weight excluding hydrogens is 238 g/mol. The van der Waals surface area contributed by atoms with Gasteiger partial charge >= 0.3 is 0 Å². The maximum absolute atomic E-state index is 11.8. The van der Waals surface area contributed by atoms with E-state index in [9.17, 15) is 8.42 Å². The lowest BCUT2D eigenvalue weighted by atomic mass is 10.2. The SMILES string of the molecule is CN(CC#N)S(=O)(=O)Cc1ccc(C#N)cc1. The first kappa shape index (κ1) is 13.2. The zero-order valence-electron chi connectivity index (χ0n) is 9.29. The fourth-order valence-corrected chi connectivity index (χ4v) is 2.28. The van der Waals surface area contributed by atoms with E-state index in [4.69, 9.17) is 10.5 Å². The molecular formula is C11H11N3O2S. The third-order valence-electron chi connectivity index (χ3n) is 2.20. The molecule has 0 unspecified atom stereocenters. The number of benzene rings is 1. The fourth-order valence-electron chi connectivity index (χ4n) is 1.19. The van der Waals surface area contributed by atoms with E-state index >= 15 is 0 Å². The molecule has 6 heteroatoms. The number of hydrogen-bond donors (Lipinski definition) is 0.